The monoisotopic (exact) mass is 266 g/mol. The van der Waals surface area contributed by atoms with Gasteiger partial charge in [-0.15, -0.1) is 0 Å². The topological polar surface area (TPSA) is 42.2 Å². The van der Waals surface area contributed by atoms with Crippen LogP contribution in [0.2, 0.25) is 0 Å². The molecule has 1 N–H and O–H groups in total. The van der Waals surface area contributed by atoms with Crippen LogP contribution in [0.15, 0.2) is 29.5 Å². The zero-order valence-electron chi connectivity index (χ0n) is 8.37. The first-order valence-electron chi connectivity index (χ1n) is 4.54. The normalized spacial score (nSPS) is 10.5. The summed E-state index contributed by atoms with van der Waals surface area (Å²) in [5.41, 5.74) is 2.00. The van der Waals surface area contributed by atoms with Crippen LogP contribution in [0.4, 0.5) is 5.82 Å². The average Bonchev–Trinajstić information content (AvgIpc) is 2.61. The number of aromatic nitrogens is 3. The van der Waals surface area contributed by atoms with Gasteiger partial charge < -0.3 is 5.32 Å². The molecule has 2 aromatic rings. The van der Waals surface area contributed by atoms with E-state index >= 15 is 0 Å². The number of pyridine rings is 1. The van der Waals surface area contributed by atoms with Crippen LogP contribution in [0.3, 0.4) is 0 Å². The van der Waals surface area contributed by atoms with Crippen LogP contribution in [0.25, 0.3) is 5.65 Å². The molecule has 0 saturated carbocycles. The Kier molecular flexibility index (Phi) is 2.73. The smallest absolute Gasteiger partial charge is 0.157 e. The highest BCUT2D eigenvalue weighted by Crippen LogP contribution is 2.14. The molecule has 2 rings (SSSR count). The van der Waals surface area contributed by atoms with Crippen molar-refractivity contribution in [2.75, 3.05) is 11.9 Å². The second-order valence-corrected chi connectivity index (χ2v) is 4.44. The van der Waals surface area contributed by atoms with Crippen molar-refractivity contribution in [1.29, 1.82) is 0 Å². The lowest BCUT2D eigenvalue weighted by Gasteiger charge is -2.07. The van der Waals surface area contributed by atoms with Crippen molar-refractivity contribution in [3.63, 3.8) is 0 Å². The van der Waals surface area contributed by atoms with E-state index in [9.17, 15) is 0 Å². The predicted molar refractivity (Wildman–Crippen MR) is 64.3 cm³/mol. The van der Waals surface area contributed by atoms with Crippen LogP contribution in [-0.4, -0.2) is 21.1 Å². The third-order valence-corrected chi connectivity index (χ3v) is 2.27. The third kappa shape index (κ3) is 2.18. The van der Waals surface area contributed by atoms with Gasteiger partial charge in [-0.25, -0.2) is 4.98 Å². The summed E-state index contributed by atoms with van der Waals surface area (Å²) in [4.78, 5) is 4.15. The van der Waals surface area contributed by atoms with Gasteiger partial charge in [0, 0.05) is 11.0 Å². The van der Waals surface area contributed by atoms with Crippen LogP contribution >= 0.6 is 15.9 Å². The lowest BCUT2D eigenvalue weighted by Crippen LogP contribution is -2.06. The number of anilines is 1. The lowest BCUT2D eigenvalue weighted by molar-refractivity contribution is 0.954. The molecule has 0 aliphatic rings. The molecule has 0 spiro atoms. The van der Waals surface area contributed by atoms with Crippen molar-refractivity contribution in [3.05, 3.63) is 35.1 Å². The molecule has 0 radical (unpaired) electrons. The summed E-state index contributed by atoms with van der Waals surface area (Å²) < 4.78 is 2.67. The highest BCUT2D eigenvalue weighted by Gasteiger charge is 2.03. The van der Waals surface area contributed by atoms with Gasteiger partial charge in [0.2, 0.25) is 0 Å². The molecule has 4 nitrogen and oxygen atoms in total. The zero-order chi connectivity index (χ0) is 10.8. The van der Waals surface area contributed by atoms with Crippen molar-refractivity contribution >= 4 is 27.4 Å². The van der Waals surface area contributed by atoms with E-state index in [1.165, 1.54) is 0 Å². The van der Waals surface area contributed by atoms with E-state index in [1.54, 1.807) is 10.8 Å². The van der Waals surface area contributed by atoms with Gasteiger partial charge in [-0.3, -0.25) is 0 Å². The number of hydrogen-bond acceptors (Lipinski definition) is 3. The maximum atomic E-state index is 4.15. The summed E-state index contributed by atoms with van der Waals surface area (Å²) in [7, 11) is 0. The number of aryl methyl sites for hydroxylation is 1. The van der Waals surface area contributed by atoms with Crippen molar-refractivity contribution in [2.24, 2.45) is 0 Å². The minimum atomic E-state index is 0.665. The van der Waals surface area contributed by atoms with Crippen LogP contribution < -0.4 is 5.32 Å². The molecule has 2 aromatic heterocycles. The SMILES string of the molecule is C=C(Br)CNc1cc(C)cc2ncnn12. The van der Waals surface area contributed by atoms with E-state index in [-0.39, 0.29) is 0 Å². The first-order valence-corrected chi connectivity index (χ1v) is 5.33. The Morgan fingerprint density at radius 3 is 3.13 bits per heavy atom. The molecule has 15 heavy (non-hydrogen) atoms. The van der Waals surface area contributed by atoms with E-state index in [1.807, 2.05) is 19.1 Å². The van der Waals surface area contributed by atoms with Crippen molar-refractivity contribution in [2.45, 2.75) is 6.92 Å². The van der Waals surface area contributed by atoms with Gasteiger partial charge >= 0.3 is 0 Å². The standard InChI is InChI=1S/C10H11BrN4/c1-7-3-9(12-5-8(2)11)15-10(4-7)13-6-14-15/h3-4,6,12H,2,5H2,1H3. The summed E-state index contributed by atoms with van der Waals surface area (Å²) in [5, 5.41) is 7.36. The van der Waals surface area contributed by atoms with E-state index in [2.05, 4.69) is 37.9 Å². The Morgan fingerprint density at radius 1 is 1.60 bits per heavy atom. The predicted octanol–water partition coefficient (Wildman–Crippen LogP) is 2.36. The number of halogens is 1. The van der Waals surface area contributed by atoms with Gasteiger partial charge in [0.15, 0.2) is 5.65 Å². The van der Waals surface area contributed by atoms with E-state index in [4.69, 9.17) is 0 Å². The molecule has 5 heteroatoms. The molecule has 0 aliphatic carbocycles. The lowest BCUT2D eigenvalue weighted by atomic mass is 10.3. The fourth-order valence-electron chi connectivity index (χ4n) is 1.37. The fourth-order valence-corrected chi connectivity index (χ4v) is 1.51. The largest absolute Gasteiger partial charge is 0.365 e. The summed E-state index contributed by atoms with van der Waals surface area (Å²) in [5.74, 6) is 0.920. The number of fused-ring (bicyclic) bond motifs is 1. The van der Waals surface area contributed by atoms with Gasteiger partial charge in [-0.1, -0.05) is 22.5 Å². The molecule has 0 aromatic carbocycles. The second-order valence-electron chi connectivity index (χ2n) is 3.32. The number of hydrogen-bond donors (Lipinski definition) is 1. The third-order valence-electron chi connectivity index (χ3n) is 1.98. The summed E-state index contributed by atoms with van der Waals surface area (Å²) in [6, 6.07) is 4.01. The first-order chi connectivity index (χ1) is 7.16. The minimum absolute atomic E-state index is 0.665. The number of nitrogens with zero attached hydrogens (tertiary/aromatic N) is 3. The molecular weight excluding hydrogens is 256 g/mol. The maximum absolute atomic E-state index is 4.15. The Morgan fingerprint density at radius 2 is 2.40 bits per heavy atom. The Bertz CT molecular complexity index is 503. The summed E-state index contributed by atoms with van der Waals surface area (Å²) in [6.45, 7) is 6.46. The Balaban J connectivity index is 2.39. The number of rotatable bonds is 3. The minimum Gasteiger partial charge on any atom is -0.365 e. The van der Waals surface area contributed by atoms with Crippen molar-refractivity contribution in [1.82, 2.24) is 14.6 Å². The zero-order valence-corrected chi connectivity index (χ0v) is 9.95. The van der Waals surface area contributed by atoms with Crippen molar-refractivity contribution in [3.8, 4) is 0 Å². The van der Waals surface area contributed by atoms with Crippen LogP contribution in [0, 0.1) is 6.92 Å². The average molecular weight is 267 g/mol. The van der Waals surface area contributed by atoms with Gasteiger partial charge in [0.05, 0.1) is 0 Å². The molecule has 0 saturated heterocycles. The molecule has 0 unspecified atom stereocenters. The molecule has 0 amide bonds. The molecule has 2 heterocycles. The second kappa shape index (κ2) is 4.02. The van der Waals surface area contributed by atoms with E-state index < -0.39 is 0 Å². The highest BCUT2D eigenvalue weighted by atomic mass is 79.9. The molecule has 78 valence electrons. The van der Waals surface area contributed by atoms with Gasteiger partial charge in [-0.05, 0) is 24.6 Å². The Labute approximate surface area is 96.1 Å². The highest BCUT2D eigenvalue weighted by molar-refractivity contribution is 9.11. The van der Waals surface area contributed by atoms with E-state index in [0.29, 0.717) is 6.54 Å². The van der Waals surface area contributed by atoms with Crippen molar-refractivity contribution < 1.29 is 0 Å². The molecule has 0 aliphatic heterocycles. The van der Waals surface area contributed by atoms with Gasteiger partial charge in [0.1, 0.15) is 12.1 Å². The van der Waals surface area contributed by atoms with Gasteiger partial charge in [0.25, 0.3) is 0 Å². The van der Waals surface area contributed by atoms with Gasteiger partial charge in [-0.2, -0.15) is 9.61 Å². The molecule has 0 fully saturated rings. The van der Waals surface area contributed by atoms with E-state index in [0.717, 1.165) is 21.5 Å². The maximum Gasteiger partial charge on any atom is 0.157 e. The summed E-state index contributed by atoms with van der Waals surface area (Å²) >= 11 is 3.30. The van der Waals surface area contributed by atoms with Crippen LogP contribution in [0.1, 0.15) is 5.56 Å². The van der Waals surface area contributed by atoms with Crippen LogP contribution in [-0.2, 0) is 0 Å². The number of nitrogens with one attached hydrogen (secondary N) is 1. The molecule has 0 bridgehead atoms. The van der Waals surface area contributed by atoms with Crippen LogP contribution in [0.5, 0.6) is 0 Å². The summed E-state index contributed by atoms with van der Waals surface area (Å²) in [6.07, 6.45) is 1.54. The first kappa shape index (κ1) is 10.2. The fraction of sp³-hybridized carbons (Fsp3) is 0.200. The molecule has 0 atom stereocenters. The molecular formula is C10H11BrN4. The quantitative estimate of drug-likeness (QED) is 0.928. The Hall–Kier alpha value is -1.36.